The first-order valence-corrected chi connectivity index (χ1v) is 9.90. The predicted octanol–water partition coefficient (Wildman–Crippen LogP) is 4.86. The van der Waals surface area contributed by atoms with Gasteiger partial charge in [0.05, 0.1) is 19.1 Å². The number of rotatable bonds is 6. The van der Waals surface area contributed by atoms with Crippen LogP contribution in [0.15, 0.2) is 58.7 Å². The van der Waals surface area contributed by atoms with Crippen molar-refractivity contribution >= 4 is 21.6 Å². The molecule has 6 heteroatoms. The number of aromatic nitrogens is 2. The van der Waals surface area contributed by atoms with Crippen LogP contribution in [0.4, 0.5) is 0 Å². The maximum Gasteiger partial charge on any atom is 0.260 e. The molecule has 28 heavy (non-hydrogen) atoms. The molecule has 2 aromatic carbocycles. The molecule has 4 aromatic rings. The number of nitrogens with one attached hydrogen (secondary N) is 1. The summed E-state index contributed by atoms with van der Waals surface area (Å²) >= 11 is 1.47. The van der Waals surface area contributed by atoms with Crippen LogP contribution in [0, 0.1) is 0 Å². The van der Waals surface area contributed by atoms with Gasteiger partial charge in [-0.25, -0.2) is 4.98 Å². The van der Waals surface area contributed by atoms with Crippen LogP contribution in [0.25, 0.3) is 32.7 Å². The number of hydrogen-bond donors (Lipinski definition) is 1. The highest BCUT2D eigenvalue weighted by Crippen LogP contribution is 2.32. The Kier molecular flexibility index (Phi) is 5.23. The molecule has 0 unspecified atom stereocenters. The zero-order valence-electron chi connectivity index (χ0n) is 15.7. The molecule has 0 spiro atoms. The molecule has 0 saturated carbocycles. The third-order valence-corrected chi connectivity index (χ3v) is 5.42. The van der Waals surface area contributed by atoms with Crippen molar-refractivity contribution in [1.82, 2.24) is 9.97 Å². The van der Waals surface area contributed by atoms with Crippen molar-refractivity contribution in [2.24, 2.45) is 0 Å². The molecule has 2 heterocycles. The van der Waals surface area contributed by atoms with Gasteiger partial charge in [0, 0.05) is 23.1 Å². The van der Waals surface area contributed by atoms with Crippen molar-refractivity contribution in [3.05, 3.63) is 69.8 Å². The van der Waals surface area contributed by atoms with Crippen LogP contribution in [0.2, 0.25) is 0 Å². The summed E-state index contributed by atoms with van der Waals surface area (Å²) < 4.78 is 10.6. The lowest BCUT2D eigenvalue weighted by atomic mass is 10.1. The molecule has 142 valence electrons. The molecule has 0 aliphatic carbocycles. The fraction of sp³-hybridized carbons (Fsp3) is 0.182. The molecule has 0 radical (unpaired) electrons. The number of fused-ring (bicyclic) bond motifs is 1. The Labute approximate surface area is 166 Å². The minimum absolute atomic E-state index is 0.134. The van der Waals surface area contributed by atoms with E-state index in [2.05, 4.69) is 9.97 Å². The highest BCUT2D eigenvalue weighted by Gasteiger charge is 2.14. The second kappa shape index (κ2) is 7.96. The van der Waals surface area contributed by atoms with E-state index >= 15 is 0 Å². The number of hydrogen-bond acceptors (Lipinski definition) is 5. The molecule has 5 nitrogen and oxygen atoms in total. The maximum atomic E-state index is 12.8. The van der Waals surface area contributed by atoms with Crippen LogP contribution in [0.3, 0.4) is 0 Å². The van der Waals surface area contributed by atoms with Crippen molar-refractivity contribution < 1.29 is 9.47 Å². The van der Waals surface area contributed by atoms with Crippen LogP contribution in [-0.4, -0.2) is 23.7 Å². The van der Waals surface area contributed by atoms with Crippen LogP contribution in [0.1, 0.15) is 12.5 Å². The summed E-state index contributed by atoms with van der Waals surface area (Å²) in [5.74, 6) is 1.36. The van der Waals surface area contributed by atoms with Gasteiger partial charge in [-0.2, -0.15) is 0 Å². The number of aromatic amines is 1. The Bertz CT molecular complexity index is 1150. The predicted molar refractivity (Wildman–Crippen MR) is 113 cm³/mol. The average molecular weight is 392 g/mol. The third kappa shape index (κ3) is 3.56. The van der Waals surface area contributed by atoms with Gasteiger partial charge in [0.25, 0.3) is 5.56 Å². The number of methoxy groups -OCH3 is 1. The zero-order chi connectivity index (χ0) is 19.5. The lowest BCUT2D eigenvalue weighted by molar-refractivity contribution is 0.134. The van der Waals surface area contributed by atoms with Gasteiger partial charge in [0.1, 0.15) is 16.4 Å². The van der Waals surface area contributed by atoms with Gasteiger partial charge >= 0.3 is 0 Å². The van der Waals surface area contributed by atoms with E-state index in [0.29, 0.717) is 24.4 Å². The lowest BCUT2D eigenvalue weighted by Crippen LogP contribution is -2.09. The van der Waals surface area contributed by atoms with Gasteiger partial charge in [0.15, 0.2) is 0 Å². The smallest absolute Gasteiger partial charge is 0.260 e. The number of nitrogens with zero attached hydrogens (tertiary/aromatic N) is 1. The number of benzene rings is 2. The maximum absolute atomic E-state index is 12.8. The molecule has 4 rings (SSSR count). The second-order valence-electron chi connectivity index (χ2n) is 6.31. The summed E-state index contributed by atoms with van der Waals surface area (Å²) in [5, 5.41) is 2.59. The van der Waals surface area contributed by atoms with E-state index in [1.54, 1.807) is 7.11 Å². The normalized spacial score (nSPS) is 11.1. The van der Waals surface area contributed by atoms with Crippen LogP contribution < -0.4 is 10.3 Å². The first-order valence-electron chi connectivity index (χ1n) is 9.02. The van der Waals surface area contributed by atoms with Crippen molar-refractivity contribution in [3.63, 3.8) is 0 Å². The molecule has 2 aromatic heterocycles. The first-order chi connectivity index (χ1) is 13.7. The molecule has 0 aliphatic rings. The second-order valence-corrected chi connectivity index (χ2v) is 7.16. The molecule has 0 fully saturated rings. The fourth-order valence-corrected chi connectivity index (χ4v) is 4.00. The van der Waals surface area contributed by atoms with E-state index in [1.807, 2.05) is 60.8 Å². The summed E-state index contributed by atoms with van der Waals surface area (Å²) in [5.41, 5.74) is 3.68. The lowest BCUT2D eigenvalue weighted by Gasteiger charge is -2.05. The monoisotopic (exact) mass is 392 g/mol. The topological polar surface area (TPSA) is 64.2 Å². The molecule has 1 N–H and O–H groups in total. The van der Waals surface area contributed by atoms with E-state index in [-0.39, 0.29) is 5.56 Å². The average Bonchev–Trinajstić information content (AvgIpc) is 3.17. The third-order valence-electron chi connectivity index (χ3n) is 4.55. The number of H-pyrrole nitrogens is 1. The summed E-state index contributed by atoms with van der Waals surface area (Å²) in [6, 6.07) is 15.6. The Morgan fingerprint density at radius 2 is 1.75 bits per heavy atom. The number of thiophene rings is 1. The van der Waals surface area contributed by atoms with Gasteiger partial charge in [0.2, 0.25) is 0 Å². The zero-order valence-corrected chi connectivity index (χ0v) is 16.5. The van der Waals surface area contributed by atoms with E-state index in [9.17, 15) is 4.79 Å². The minimum atomic E-state index is -0.134. The fourth-order valence-electron chi connectivity index (χ4n) is 3.05. The molecule has 0 bridgehead atoms. The number of ether oxygens (including phenoxy) is 2. The molecular weight excluding hydrogens is 372 g/mol. The van der Waals surface area contributed by atoms with Crippen molar-refractivity contribution in [2.45, 2.75) is 13.5 Å². The van der Waals surface area contributed by atoms with Gasteiger partial charge < -0.3 is 14.5 Å². The van der Waals surface area contributed by atoms with E-state index in [4.69, 9.17) is 9.47 Å². The van der Waals surface area contributed by atoms with Crippen molar-refractivity contribution in [3.8, 4) is 28.3 Å². The van der Waals surface area contributed by atoms with Crippen molar-refractivity contribution in [1.29, 1.82) is 0 Å². The van der Waals surface area contributed by atoms with Crippen LogP contribution in [-0.2, 0) is 11.3 Å². The molecule has 0 aliphatic heterocycles. The van der Waals surface area contributed by atoms with Gasteiger partial charge in [-0.3, -0.25) is 4.79 Å². The Balaban J connectivity index is 1.70. The van der Waals surface area contributed by atoms with E-state index in [1.165, 1.54) is 11.3 Å². The Morgan fingerprint density at radius 3 is 2.43 bits per heavy atom. The molecular formula is C22H20N2O3S. The van der Waals surface area contributed by atoms with Crippen molar-refractivity contribution in [2.75, 3.05) is 13.7 Å². The minimum Gasteiger partial charge on any atom is -0.497 e. The Hall–Kier alpha value is -2.96. The Morgan fingerprint density at radius 1 is 1.04 bits per heavy atom. The van der Waals surface area contributed by atoms with E-state index in [0.717, 1.165) is 32.8 Å². The molecule has 0 atom stereocenters. The first kappa shape index (κ1) is 18.4. The van der Waals surface area contributed by atoms with E-state index < -0.39 is 0 Å². The summed E-state index contributed by atoms with van der Waals surface area (Å²) in [6.45, 7) is 3.23. The summed E-state index contributed by atoms with van der Waals surface area (Å²) in [4.78, 5) is 21.2. The highest BCUT2D eigenvalue weighted by atomic mass is 32.1. The van der Waals surface area contributed by atoms with Crippen LogP contribution >= 0.6 is 11.3 Å². The highest BCUT2D eigenvalue weighted by molar-refractivity contribution is 7.17. The summed E-state index contributed by atoms with van der Waals surface area (Å²) in [6.07, 6.45) is 0. The van der Waals surface area contributed by atoms with Crippen LogP contribution in [0.5, 0.6) is 5.75 Å². The quantitative estimate of drug-likeness (QED) is 0.509. The SMILES string of the molecule is CCOCc1ccc(-c2nc3scc(-c4ccc(OC)cc4)c3c(=O)[nH]2)cc1. The van der Waals surface area contributed by atoms with Gasteiger partial charge in [-0.15, -0.1) is 11.3 Å². The molecule has 0 amide bonds. The standard InChI is InChI=1S/C22H20N2O3S/c1-3-27-12-14-4-6-16(7-5-14)20-23-21(25)19-18(13-28-22(19)24-20)15-8-10-17(26-2)11-9-15/h4-11,13H,3,12H2,1-2H3,(H,23,24,25). The van der Waals surface area contributed by atoms with Gasteiger partial charge in [-0.05, 0) is 30.2 Å². The van der Waals surface area contributed by atoms with Gasteiger partial charge in [-0.1, -0.05) is 36.4 Å². The summed E-state index contributed by atoms with van der Waals surface area (Å²) in [7, 11) is 1.63. The molecule has 0 saturated heterocycles. The largest absolute Gasteiger partial charge is 0.497 e.